The van der Waals surface area contributed by atoms with E-state index in [0.717, 1.165) is 20.6 Å². The molecular weight excluding hydrogens is 419 g/mol. The summed E-state index contributed by atoms with van der Waals surface area (Å²) in [5.74, 6) is 0.384. The summed E-state index contributed by atoms with van der Waals surface area (Å²) in [4.78, 5) is 23.8. The van der Waals surface area contributed by atoms with Gasteiger partial charge < -0.3 is 15.4 Å². The van der Waals surface area contributed by atoms with Crippen molar-refractivity contribution >= 4 is 40.1 Å². The Morgan fingerprint density at radius 3 is 2.38 bits per heavy atom. The molecule has 1 atom stereocenters. The highest BCUT2D eigenvalue weighted by atomic mass is 127. The molecule has 0 heterocycles. The molecule has 0 aliphatic heterocycles. The number of methoxy groups -OCH3 is 1. The van der Waals surface area contributed by atoms with Gasteiger partial charge in [0, 0.05) is 10.5 Å². The number of nitrogens with one attached hydrogen (secondary N) is 2. The molecule has 0 bridgehead atoms. The summed E-state index contributed by atoms with van der Waals surface area (Å²) in [6, 6.07) is 14.5. The molecular formula is C18H19IN2O3. The zero-order valence-corrected chi connectivity index (χ0v) is 15.7. The Labute approximate surface area is 154 Å². The molecule has 0 radical (unpaired) electrons. The first-order valence-electron chi connectivity index (χ1n) is 7.45. The Balaban J connectivity index is 2.11. The Bertz CT molecular complexity index is 716. The molecule has 6 heteroatoms. The van der Waals surface area contributed by atoms with Gasteiger partial charge >= 0.3 is 0 Å². The van der Waals surface area contributed by atoms with E-state index in [1.807, 2.05) is 48.5 Å². The van der Waals surface area contributed by atoms with Crippen molar-refractivity contribution in [2.24, 2.45) is 0 Å². The van der Waals surface area contributed by atoms with Gasteiger partial charge in [0.1, 0.15) is 5.75 Å². The molecule has 0 fully saturated rings. The summed E-state index contributed by atoms with van der Waals surface area (Å²) < 4.78 is 6.10. The Hall–Kier alpha value is -2.09. The number of carbonyl (C=O) groups excluding carboxylic acids is 2. The van der Waals surface area contributed by atoms with Crippen molar-refractivity contribution in [3.63, 3.8) is 0 Å². The fourth-order valence-electron chi connectivity index (χ4n) is 2.28. The number of anilines is 1. The molecule has 0 saturated carbocycles. The van der Waals surface area contributed by atoms with E-state index in [4.69, 9.17) is 4.74 Å². The molecule has 2 aromatic carbocycles. The highest BCUT2D eigenvalue weighted by molar-refractivity contribution is 14.1. The lowest BCUT2D eigenvalue weighted by Crippen LogP contribution is -2.29. The Morgan fingerprint density at radius 1 is 1.12 bits per heavy atom. The van der Waals surface area contributed by atoms with Gasteiger partial charge in [0.15, 0.2) is 0 Å². The molecule has 0 aromatic heterocycles. The van der Waals surface area contributed by atoms with Crippen LogP contribution in [-0.4, -0.2) is 18.9 Å². The normalized spacial score (nSPS) is 11.5. The first kappa shape index (κ1) is 18.3. The van der Waals surface area contributed by atoms with Crippen LogP contribution >= 0.6 is 22.6 Å². The molecule has 24 heavy (non-hydrogen) atoms. The number of amides is 2. The van der Waals surface area contributed by atoms with Crippen molar-refractivity contribution in [3.8, 4) is 5.75 Å². The van der Waals surface area contributed by atoms with E-state index in [2.05, 4.69) is 33.2 Å². The maximum atomic E-state index is 12.4. The molecule has 126 valence electrons. The lowest BCUT2D eigenvalue weighted by molar-refractivity contribution is -0.120. The van der Waals surface area contributed by atoms with Crippen LogP contribution in [0.5, 0.6) is 5.75 Å². The van der Waals surface area contributed by atoms with Gasteiger partial charge in [0.2, 0.25) is 11.8 Å². The highest BCUT2D eigenvalue weighted by Crippen LogP contribution is 2.22. The van der Waals surface area contributed by atoms with E-state index in [1.54, 1.807) is 7.11 Å². The second-order valence-corrected chi connectivity index (χ2v) is 6.42. The number of para-hydroxylation sites is 1. The van der Waals surface area contributed by atoms with Gasteiger partial charge in [-0.2, -0.15) is 0 Å². The lowest BCUT2D eigenvalue weighted by atomic mass is 10.0. The fourth-order valence-corrected chi connectivity index (χ4v) is 2.81. The third kappa shape index (κ3) is 5.23. The number of ether oxygens (including phenoxy) is 1. The SMILES string of the molecule is COc1ccc(C(CC(=O)Nc2ccccc2I)NC(C)=O)cc1. The number of rotatable bonds is 6. The standard InChI is InChI=1S/C18H19IN2O3/c1-12(22)20-17(13-7-9-14(24-2)10-8-13)11-18(23)21-16-6-4-3-5-15(16)19/h3-10,17H,11H2,1-2H3,(H,20,22)(H,21,23). The molecule has 0 aliphatic rings. The first-order chi connectivity index (χ1) is 11.5. The number of carbonyl (C=O) groups is 2. The minimum Gasteiger partial charge on any atom is -0.497 e. The Kier molecular flexibility index (Phi) is 6.60. The van der Waals surface area contributed by atoms with Crippen LogP contribution in [0.3, 0.4) is 0 Å². The van der Waals surface area contributed by atoms with E-state index in [0.29, 0.717) is 0 Å². The first-order valence-corrected chi connectivity index (χ1v) is 8.53. The van der Waals surface area contributed by atoms with Crippen LogP contribution in [-0.2, 0) is 9.59 Å². The van der Waals surface area contributed by atoms with E-state index in [9.17, 15) is 9.59 Å². The largest absolute Gasteiger partial charge is 0.497 e. The minimum absolute atomic E-state index is 0.150. The average molecular weight is 438 g/mol. The second-order valence-electron chi connectivity index (χ2n) is 5.26. The molecule has 0 aliphatic carbocycles. The van der Waals surface area contributed by atoms with Crippen LogP contribution in [0.1, 0.15) is 24.9 Å². The maximum absolute atomic E-state index is 12.4. The zero-order chi connectivity index (χ0) is 17.5. The number of halogens is 1. The van der Waals surface area contributed by atoms with Crippen molar-refractivity contribution in [1.29, 1.82) is 0 Å². The molecule has 0 spiro atoms. The van der Waals surface area contributed by atoms with Crippen LogP contribution in [0, 0.1) is 3.57 Å². The van der Waals surface area contributed by atoms with Gasteiger partial charge in [0.05, 0.1) is 25.3 Å². The average Bonchev–Trinajstić information content (AvgIpc) is 2.56. The number of hydrogen-bond acceptors (Lipinski definition) is 3. The van der Waals surface area contributed by atoms with E-state index < -0.39 is 6.04 Å². The summed E-state index contributed by atoms with van der Waals surface area (Å²) in [5, 5.41) is 5.71. The summed E-state index contributed by atoms with van der Waals surface area (Å²) in [7, 11) is 1.59. The van der Waals surface area contributed by atoms with Crippen molar-refractivity contribution in [1.82, 2.24) is 5.32 Å². The molecule has 0 saturated heterocycles. The molecule has 2 aromatic rings. The van der Waals surface area contributed by atoms with Crippen LogP contribution in [0.25, 0.3) is 0 Å². The summed E-state index contributed by atoms with van der Waals surface area (Å²) in [6.07, 6.45) is 0.150. The highest BCUT2D eigenvalue weighted by Gasteiger charge is 2.18. The predicted octanol–water partition coefficient (Wildman–Crippen LogP) is 3.51. The monoisotopic (exact) mass is 438 g/mol. The van der Waals surface area contributed by atoms with E-state index in [1.165, 1.54) is 6.92 Å². The molecule has 2 N–H and O–H groups in total. The van der Waals surface area contributed by atoms with Crippen molar-refractivity contribution < 1.29 is 14.3 Å². The smallest absolute Gasteiger partial charge is 0.226 e. The molecule has 2 amide bonds. The third-order valence-electron chi connectivity index (χ3n) is 3.43. The quantitative estimate of drug-likeness (QED) is 0.679. The van der Waals surface area contributed by atoms with Crippen molar-refractivity contribution in [3.05, 3.63) is 57.7 Å². The lowest BCUT2D eigenvalue weighted by Gasteiger charge is -2.18. The summed E-state index contributed by atoms with van der Waals surface area (Å²) in [6.45, 7) is 1.44. The van der Waals surface area contributed by atoms with Crippen LogP contribution in [0.15, 0.2) is 48.5 Å². The van der Waals surface area contributed by atoms with E-state index >= 15 is 0 Å². The van der Waals surface area contributed by atoms with Gasteiger partial charge in [-0.3, -0.25) is 9.59 Å². The van der Waals surface area contributed by atoms with Gasteiger partial charge in [-0.15, -0.1) is 0 Å². The van der Waals surface area contributed by atoms with Crippen LogP contribution in [0.4, 0.5) is 5.69 Å². The molecule has 5 nitrogen and oxygen atoms in total. The minimum atomic E-state index is -0.394. The predicted molar refractivity (Wildman–Crippen MR) is 102 cm³/mol. The topological polar surface area (TPSA) is 67.4 Å². The van der Waals surface area contributed by atoms with E-state index in [-0.39, 0.29) is 18.2 Å². The zero-order valence-electron chi connectivity index (χ0n) is 13.5. The second kappa shape index (κ2) is 8.68. The molecule has 2 rings (SSSR count). The molecule has 1 unspecified atom stereocenters. The Morgan fingerprint density at radius 2 is 1.79 bits per heavy atom. The van der Waals surface area contributed by atoms with Crippen molar-refractivity contribution in [2.75, 3.05) is 12.4 Å². The third-order valence-corrected chi connectivity index (χ3v) is 4.37. The van der Waals surface area contributed by atoms with Gasteiger partial charge in [0.25, 0.3) is 0 Å². The van der Waals surface area contributed by atoms with Gasteiger partial charge in [-0.25, -0.2) is 0 Å². The number of hydrogen-bond donors (Lipinski definition) is 2. The number of benzene rings is 2. The summed E-state index contributed by atoms with van der Waals surface area (Å²) >= 11 is 2.17. The van der Waals surface area contributed by atoms with Crippen LogP contribution < -0.4 is 15.4 Å². The van der Waals surface area contributed by atoms with Crippen LogP contribution in [0.2, 0.25) is 0 Å². The van der Waals surface area contributed by atoms with Crippen molar-refractivity contribution in [2.45, 2.75) is 19.4 Å². The summed E-state index contributed by atoms with van der Waals surface area (Å²) in [5.41, 5.74) is 1.61. The van der Waals surface area contributed by atoms with Gasteiger partial charge in [-0.1, -0.05) is 24.3 Å². The fraction of sp³-hybridized carbons (Fsp3) is 0.222. The van der Waals surface area contributed by atoms with Gasteiger partial charge in [-0.05, 0) is 52.4 Å². The maximum Gasteiger partial charge on any atom is 0.226 e.